The minimum atomic E-state index is -0.0523. The highest BCUT2D eigenvalue weighted by molar-refractivity contribution is 5.44. The first-order valence-corrected chi connectivity index (χ1v) is 6.50. The van der Waals surface area contributed by atoms with Crippen molar-refractivity contribution in [3.05, 3.63) is 76.3 Å². The molecule has 100 valence electrons. The Bertz CT molecular complexity index is 794. The SMILES string of the molecule is Cc1ccc2nc(CNc3ccccc3)cc(=O)n2c1. The number of para-hydroxylation sites is 1. The first-order valence-electron chi connectivity index (χ1n) is 6.50. The summed E-state index contributed by atoms with van der Waals surface area (Å²) in [7, 11) is 0. The largest absolute Gasteiger partial charge is 0.379 e. The van der Waals surface area contributed by atoms with E-state index >= 15 is 0 Å². The molecular weight excluding hydrogens is 250 g/mol. The van der Waals surface area contributed by atoms with Gasteiger partial charge in [-0.25, -0.2) is 4.98 Å². The molecule has 3 rings (SSSR count). The summed E-state index contributed by atoms with van der Waals surface area (Å²) in [6.45, 7) is 2.49. The number of rotatable bonds is 3. The van der Waals surface area contributed by atoms with Gasteiger partial charge >= 0.3 is 0 Å². The molecule has 0 amide bonds. The van der Waals surface area contributed by atoms with E-state index in [1.165, 1.54) is 0 Å². The maximum Gasteiger partial charge on any atom is 0.258 e. The minimum Gasteiger partial charge on any atom is -0.379 e. The van der Waals surface area contributed by atoms with Crippen molar-refractivity contribution >= 4 is 11.3 Å². The summed E-state index contributed by atoms with van der Waals surface area (Å²) in [5.41, 5.74) is 3.41. The number of fused-ring (bicyclic) bond motifs is 1. The van der Waals surface area contributed by atoms with Crippen LogP contribution in [0, 0.1) is 6.92 Å². The van der Waals surface area contributed by atoms with Gasteiger partial charge in [0.05, 0.1) is 12.2 Å². The smallest absolute Gasteiger partial charge is 0.258 e. The zero-order chi connectivity index (χ0) is 13.9. The van der Waals surface area contributed by atoms with Gasteiger partial charge in [-0.2, -0.15) is 0 Å². The molecule has 0 bridgehead atoms. The average Bonchev–Trinajstić information content (AvgIpc) is 2.47. The number of hydrogen-bond acceptors (Lipinski definition) is 3. The summed E-state index contributed by atoms with van der Waals surface area (Å²) in [4.78, 5) is 16.6. The molecule has 3 aromatic rings. The summed E-state index contributed by atoms with van der Waals surface area (Å²) in [6.07, 6.45) is 1.80. The van der Waals surface area contributed by atoms with Gasteiger partial charge in [0.25, 0.3) is 5.56 Å². The highest BCUT2D eigenvalue weighted by Crippen LogP contribution is 2.07. The monoisotopic (exact) mass is 265 g/mol. The third-order valence-corrected chi connectivity index (χ3v) is 3.11. The van der Waals surface area contributed by atoms with Crippen LogP contribution >= 0.6 is 0 Å². The van der Waals surface area contributed by atoms with Crippen molar-refractivity contribution in [3.8, 4) is 0 Å². The first kappa shape index (κ1) is 12.4. The van der Waals surface area contributed by atoms with Crippen LogP contribution < -0.4 is 10.9 Å². The van der Waals surface area contributed by atoms with E-state index in [0.29, 0.717) is 12.2 Å². The highest BCUT2D eigenvalue weighted by atomic mass is 16.1. The van der Waals surface area contributed by atoms with Crippen LogP contribution in [-0.2, 0) is 6.54 Å². The van der Waals surface area contributed by atoms with E-state index in [4.69, 9.17) is 0 Å². The van der Waals surface area contributed by atoms with Crippen molar-refractivity contribution in [1.29, 1.82) is 0 Å². The maximum atomic E-state index is 12.1. The number of anilines is 1. The average molecular weight is 265 g/mol. The fourth-order valence-corrected chi connectivity index (χ4v) is 2.10. The van der Waals surface area contributed by atoms with Crippen molar-refractivity contribution in [1.82, 2.24) is 9.38 Å². The van der Waals surface area contributed by atoms with Gasteiger partial charge in [0.1, 0.15) is 5.65 Å². The number of aromatic nitrogens is 2. The molecule has 0 fully saturated rings. The van der Waals surface area contributed by atoms with Crippen LogP contribution in [0.4, 0.5) is 5.69 Å². The predicted molar refractivity (Wildman–Crippen MR) is 80.0 cm³/mol. The maximum absolute atomic E-state index is 12.1. The Morgan fingerprint density at radius 3 is 2.75 bits per heavy atom. The zero-order valence-corrected chi connectivity index (χ0v) is 11.2. The van der Waals surface area contributed by atoms with E-state index in [1.807, 2.05) is 49.4 Å². The van der Waals surface area contributed by atoms with Gasteiger partial charge in [-0.05, 0) is 30.7 Å². The Hall–Kier alpha value is -2.62. The molecule has 4 nitrogen and oxygen atoms in total. The number of aryl methyl sites for hydroxylation is 1. The second-order valence-corrected chi connectivity index (χ2v) is 4.74. The lowest BCUT2D eigenvalue weighted by Gasteiger charge is -2.07. The second-order valence-electron chi connectivity index (χ2n) is 4.74. The third kappa shape index (κ3) is 2.54. The molecule has 0 radical (unpaired) electrons. The Morgan fingerprint density at radius 1 is 1.15 bits per heavy atom. The van der Waals surface area contributed by atoms with E-state index in [-0.39, 0.29) is 5.56 Å². The summed E-state index contributed by atoms with van der Waals surface area (Å²) < 4.78 is 1.57. The van der Waals surface area contributed by atoms with Gasteiger partial charge in [-0.3, -0.25) is 9.20 Å². The molecule has 2 aromatic heterocycles. The molecule has 2 heterocycles. The van der Waals surface area contributed by atoms with E-state index in [9.17, 15) is 4.79 Å². The van der Waals surface area contributed by atoms with Gasteiger partial charge in [0.2, 0.25) is 0 Å². The molecule has 4 heteroatoms. The molecular formula is C16H15N3O. The molecule has 20 heavy (non-hydrogen) atoms. The van der Waals surface area contributed by atoms with Gasteiger partial charge < -0.3 is 5.32 Å². The summed E-state index contributed by atoms with van der Waals surface area (Å²) in [5, 5.41) is 3.25. The van der Waals surface area contributed by atoms with Crippen LogP contribution in [0.15, 0.2) is 59.5 Å². The molecule has 0 aliphatic carbocycles. The van der Waals surface area contributed by atoms with Gasteiger partial charge in [0.15, 0.2) is 0 Å². The van der Waals surface area contributed by atoms with E-state index in [2.05, 4.69) is 10.3 Å². The van der Waals surface area contributed by atoms with E-state index in [0.717, 1.165) is 16.9 Å². The molecule has 0 aliphatic rings. The molecule has 0 saturated carbocycles. The highest BCUT2D eigenvalue weighted by Gasteiger charge is 2.02. The lowest BCUT2D eigenvalue weighted by atomic mass is 10.3. The number of nitrogens with zero attached hydrogens (tertiary/aromatic N) is 2. The Morgan fingerprint density at radius 2 is 1.95 bits per heavy atom. The summed E-state index contributed by atoms with van der Waals surface area (Å²) in [5.74, 6) is 0. The number of pyridine rings is 1. The fraction of sp³-hybridized carbons (Fsp3) is 0.125. The fourth-order valence-electron chi connectivity index (χ4n) is 2.10. The predicted octanol–water partition coefficient (Wildman–Crippen LogP) is 2.62. The lowest BCUT2D eigenvalue weighted by molar-refractivity contribution is 0.965. The van der Waals surface area contributed by atoms with Gasteiger partial charge in [-0.15, -0.1) is 0 Å². The Balaban J connectivity index is 1.89. The normalized spacial score (nSPS) is 10.7. The molecule has 1 aromatic carbocycles. The topological polar surface area (TPSA) is 46.4 Å². The quantitative estimate of drug-likeness (QED) is 0.792. The lowest BCUT2D eigenvalue weighted by Crippen LogP contribution is -2.17. The molecule has 0 unspecified atom stereocenters. The van der Waals surface area contributed by atoms with Gasteiger partial charge in [0, 0.05) is 18.0 Å². The molecule has 0 aliphatic heterocycles. The number of nitrogens with one attached hydrogen (secondary N) is 1. The van der Waals surface area contributed by atoms with Crippen molar-refractivity contribution in [2.75, 3.05) is 5.32 Å². The zero-order valence-electron chi connectivity index (χ0n) is 11.2. The number of benzene rings is 1. The van der Waals surface area contributed by atoms with Crippen LogP contribution in [-0.4, -0.2) is 9.38 Å². The third-order valence-electron chi connectivity index (χ3n) is 3.11. The van der Waals surface area contributed by atoms with E-state index < -0.39 is 0 Å². The number of hydrogen-bond donors (Lipinski definition) is 1. The minimum absolute atomic E-state index is 0.0523. The van der Waals surface area contributed by atoms with Gasteiger partial charge in [-0.1, -0.05) is 24.3 Å². The molecule has 0 saturated heterocycles. The van der Waals surface area contributed by atoms with E-state index in [1.54, 1.807) is 16.7 Å². The van der Waals surface area contributed by atoms with Crippen molar-refractivity contribution in [2.24, 2.45) is 0 Å². The Labute approximate surface area is 116 Å². The standard InChI is InChI=1S/C16H15N3O/c1-12-7-8-15-18-14(9-16(20)19(15)11-12)10-17-13-5-3-2-4-6-13/h2-9,11,17H,10H2,1H3. The van der Waals surface area contributed by atoms with Crippen molar-refractivity contribution in [3.63, 3.8) is 0 Å². The van der Waals surface area contributed by atoms with Crippen LogP contribution in [0.25, 0.3) is 5.65 Å². The molecule has 0 spiro atoms. The van der Waals surface area contributed by atoms with Crippen LogP contribution in [0.5, 0.6) is 0 Å². The Kier molecular flexibility index (Phi) is 3.21. The molecule has 1 N–H and O–H groups in total. The summed E-state index contributed by atoms with van der Waals surface area (Å²) in [6, 6.07) is 15.3. The molecule has 0 atom stereocenters. The van der Waals surface area contributed by atoms with Crippen molar-refractivity contribution in [2.45, 2.75) is 13.5 Å². The summed E-state index contributed by atoms with van der Waals surface area (Å²) >= 11 is 0. The van der Waals surface area contributed by atoms with Crippen molar-refractivity contribution < 1.29 is 0 Å². The van der Waals surface area contributed by atoms with Crippen LogP contribution in [0.2, 0.25) is 0 Å². The second kappa shape index (κ2) is 5.17. The van der Waals surface area contributed by atoms with Crippen LogP contribution in [0.3, 0.4) is 0 Å². The van der Waals surface area contributed by atoms with Crippen LogP contribution in [0.1, 0.15) is 11.3 Å². The first-order chi connectivity index (χ1) is 9.72.